The molecule has 2 aromatic carbocycles. The van der Waals surface area contributed by atoms with Gasteiger partial charge in [0.25, 0.3) is 5.91 Å². The molecule has 210 valence electrons. The fraction of sp³-hybridized carbons (Fsp3) is 0.400. The van der Waals surface area contributed by atoms with Crippen molar-refractivity contribution in [1.29, 1.82) is 0 Å². The first kappa shape index (κ1) is 29.4. The van der Waals surface area contributed by atoms with E-state index in [0.717, 1.165) is 5.56 Å². The summed E-state index contributed by atoms with van der Waals surface area (Å²) in [6.07, 6.45) is 2.82. The number of carbonyl (C=O) groups excluding carboxylic acids is 2. The fourth-order valence-corrected chi connectivity index (χ4v) is 4.28. The van der Waals surface area contributed by atoms with E-state index in [9.17, 15) is 9.59 Å². The third-order valence-corrected chi connectivity index (χ3v) is 6.73. The normalized spacial score (nSPS) is 11.4. The van der Waals surface area contributed by atoms with Crippen LogP contribution >= 0.6 is 0 Å². The van der Waals surface area contributed by atoms with Gasteiger partial charge < -0.3 is 33.2 Å². The third kappa shape index (κ3) is 7.25. The van der Waals surface area contributed by atoms with E-state index in [1.165, 1.54) is 14.2 Å². The van der Waals surface area contributed by atoms with Crippen LogP contribution in [-0.2, 0) is 17.8 Å². The Bertz CT molecular complexity index is 1200. The number of furan rings is 1. The van der Waals surface area contributed by atoms with Gasteiger partial charge in [-0.25, -0.2) is 0 Å². The fourth-order valence-electron chi connectivity index (χ4n) is 4.28. The molecule has 0 aliphatic rings. The molecule has 9 nitrogen and oxygen atoms in total. The zero-order chi connectivity index (χ0) is 28.4. The van der Waals surface area contributed by atoms with Crippen molar-refractivity contribution in [2.24, 2.45) is 0 Å². The van der Waals surface area contributed by atoms with Crippen molar-refractivity contribution in [2.45, 2.75) is 39.3 Å². The molecule has 2 amide bonds. The minimum Gasteiger partial charge on any atom is -0.496 e. The van der Waals surface area contributed by atoms with Gasteiger partial charge in [0.1, 0.15) is 29.4 Å². The predicted molar refractivity (Wildman–Crippen MR) is 148 cm³/mol. The average molecular weight is 539 g/mol. The van der Waals surface area contributed by atoms with E-state index in [1.54, 1.807) is 54.5 Å². The molecule has 1 aromatic heterocycles. The van der Waals surface area contributed by atoms with Gasteiger partial charge in [0, 0.05) is 12.6 Å². The molecule has 0 saturated carbocycles. The number of rotatable bonds is 14. The molecule has 3 aromatic rings. The second-order valence-electron chi connectivity index (χ2n) is 9.06. The highest BCUT2D eigenvalue weighted by Crippen LogP contribution is 2.31. The average Bonchev–Trinajstić information content (AvgIpc) is 3.49. The maximum atomic E-state index is 13.8. The van der Waals surface area contributed by atoms with Gasteiger partial charge in [0.15, 0.2) is 11.5 Å². The van der Waals surface area contributed by atoms with Crippen LogP contribution in [0.25, 0.3) is 0 Å². The first-order valence-corrected chi connectivity index (χ1v) is 12.9. The van der Waals surface area contributed by atoms with Gasteiger partial charge >= 0.3 is 0 Å². The second-order valence-corrected chi connectivity index (χ2v) is 9.06. The Morgan fingerprint density at radius 3 is 2.10 bits per heavy atom. The molecule has 9 heteroatoms. The third-order valence-electron chi connectivity index (χ3n) is 6.73. The number of hydrogen-bond acceptors (Lipinski definition) is 7. The van der Waals surface area contributed by atoms with Crippen LogP contribution in [0.5, 0.6) is 23.0 Å². The minimum absolute atomic E-state index is 0.109. The summed E-state index contributed by atoms with van der Waals surface area (Å²) in [6, 6.07) is 14.3. The van der Waals surface area contributed by atoms with Gasteiger partial charge in [0.05, 0.1) is 41.2 Å². The highest BCUT2D eigenvalue weighted by Gasteiger charge is 2.30. The highest BCUT2D eigenvalue weighted by atomic mass is 16.5. The summed E-state index contributed by atoms with van der Waals surface area (Å²) in [5.74, 6) is 2.17. The molecule has 0 aliphatic carbocycles. The number of benzene rings is 2. The summed E-state index contributed by atoms with van der Waals surface area (Å²) in [6.45, 7) is 4.48. The van der Waals surface area contributed by atoms with Crippen LogP contribution in [-0.4, -0.2) is 69.2 Å². The Morgan fingerprint density at radius 1 is 0.872 bits per heavy atom. The molecular formula is C30H38N2O7. The van der Waals surface area contributed by atoms with Crippen molar-refractivity contribution in [2.75, 3.05) is 41.5 Å². The molecule has 0 bridgehead atoms. The molecule has 1 unspecified atom stereocenters. The summed E-state index contributed by atoms with van der Waals surface area (Å²) in [5, 5.41) is 0. The molecule has 0 saturated heterocycles. The Kier molecular flexibility index (Phi) is 10.7. The van der Waals surface area contributed by atoms with E-state index in [0.29, 0.717) is 53.7 Å². The number of ether oxygens (including phenoxy) is 4. The summed E-state index contributed by atoms with van der Waals surface area (Å²) >= 11 is 0. The molecule has 0 radical (unpaired) electrons. The second kappa shape index (κ2) is 14.1. The quantitative estimate of drug-likeness (QED) is 0.290. The van der Waals surface area contributed by atoms with Crippen LogP contribution in [0.2, 0.25) is 0 Å². The molecule has 0 spiro atoms. The summed E-state index contributed by atoms with van der Waals surface area (Å²) in [4.78, 5) is 30.9. The van der Waals surface area contributed by atoms with Gasteiger partial charge in [-0.2, -0.15) is 0 Å². The maximum Gasteiger partial charge on any atom is 0.262 e. The highest BCUT2D eigenvalue weighted by molar-refractivity contribution is 6.01. The van der Waals surface area contributed by atoms with Crippen molar-refractivity contribution < 1.29 is 33.0 Å². The van der Waals surface area contributed by atoms with Crippen molar-refractivity contribution >= 4 is 11.8 Å². The van der Waals surface area contributed by atoms with Crippen LogP contribution in [0.15, 0.2) is 59.2 Å². The topological polar surface area (TPSA) is 90.7 Å². The zero-order valence-corrected chi connectivity index (χ0v) is 23.6. The molecule has 1 atom stereocenters. The van der Waals surface area contributed by atoms with Crippen molar-refractivity contribution in [3.8, 4) is 23.0 Å². The summed E-state index contributed by atoms with van der Waals surface area (Å²) in [7, 11) is 6.19. The summed E-state index contributed by atoms with van der Waals surface area (Å²) in [5.41, 5.74) is 1.28. The number of hydrogen-bond donors (Lipinski definition) is 0. The monoisotopic (exact) mass is 538 g/mol. The molecule has 1 heterocycles. The molecule has 0 aliphatic heterocycles. The van der Waals surface area contributed by atoms with E-state index in [2.05, 4.69) is 0 Å². The maximum absolute atomic E-state index is 13.8. The van der Waals surface area contributed by atoms with Crippen LogP contribution in [0, 0.1) is 0 Å². The van der Waals surface area contributed by atoms with E-state index >= 15 is 0 Å². The van der Waals surface area contributed by atoms with Crippen LogP contribution in [0.3, 0.4) is 0 Å². The zero-order valence-electron chi connectivity index (χ0n) is 23.6. The standard InChI is InChI=1S/C30H38N2O7/c1-7-21(2)32(30(34)29-25(36-4)11-8-12-26(29)37-5)20-28(33)31(19-23-10-9-17-39-23)16-15-22-13-14-24(35-3)27(18-22)38-6/h8-14,17-18,21H,7,15-16,19-20H2,1-6H3. The van der Waals surface area contributed by atoms with Gasteiger partial charge in [-0.1, -0.05) is 19.1 Å². The van der Waals surface area contributed by atoms with Crippen molar-refractivity contribution in [1.82, 2.24) is 9.80 Å². The lowest BCUT2D eigenvalue weighted by Crippen LogP contribution is -2.47. The Morgan fingerprint density at radius 2 is 1.54 bits per heavy atom. The lowest BCUT2D eigenvalue weighted by Gasteiger charge is -2.32. The van der Waals surface area contributed by atoms with E-state index in [1.807, 2.05) is 38.1 Å². The van der Waals surface area contributed by atoms with Crippen molar-refractivity contribution in [3.05, 3.63) is 71.7 Å². The first-order valence-electron chi connectivity index (χ1n) is 12.9. The Labute approximate surface area is 230 Å². The Balaban J connectivity index is 1.87. The predicted octanol–water partition coefficient (Wildman–Crippen LogP) is 4.83. The van der Waals surface area contributed by atoms with Gasteiger partial charge in [0.2, 0.25) is 5.91 Å². The minimum atomic E-state index is -0.329. The largest absolute Gasteiger partial charge is 0.496 e. The van der Waals surface area contributed by atoms with E-state index in [4.69, 9.17) is 23.4 Å². The molecule has 3 rings (SSSR count). The Hall–Kier alpha value is -4.14. The molecular weight excluding hydrogens is 500 g/mol. The van der Waals surface area contributed by atoms with Gasteiger partial charge in [-0.05, 0) is 61.7 Å². The molecule has 0 N–H and O–H groups in total. The van der Waals surface area contributed by atoms with E-state index < -0.39 is 0 Å². The lowest BCUT2D eigenvalue weighted by molar-refractivity contribution is -0.133. The smallest absolute Gasteiger partial charge is 0.262 e. The number of nitrogens with zero attached hydrogens (tertiary/aromatic N) is 2. The van der Waals surface area contributed by atoms with Crippen LogP contribution in [0.1, 0.15) is 41.9 Å². The molecule has 0 fully saturated rings. The van der Waals surface area contributed by atoms with Crippen LogP contribution < -0.4 is 18.9 Å². The SMILES string of the molecule is CCC(C)N(CC(=O)N(CCc1ccc(OC)c(OC)c1)Cc1ccco1)C(=O)c1c(OC)cccc1OC. The van der Waals surface area contributed by atoms with E-state index in [-0.39, 0.29) is 30.9 Å². The van der Waals surface area contributed by atoms with Gasteiger partial charge in [-0.3, -0.25) is 9.59 Å². The summed E-state index contributed by atoms with van der Waals surface area (Å²) < 4.78 is 27.2. The van der Waals surface area contributed by atoms with Crippen LogP contribution in [0.4, 0.5) is 0 Å². The number of amides is 2. The molecule has 39 heavy (non-hydrogen) atoms. The number of methoxy groups -OCH3 is 4. The first-order chi connectivity index (χ1) is 18.9. The number of carbonyl (C=O) groups is 2. The van der Waals surface area contributed by atoms with Crippen molar-refractivity contribution in [3.63, 3.8) is 0 Å². The lowest BCUT2D eigenvalue weighted by atomic mass is 10.1. The van der Waals surface area contributed by atoms with Gasteiger partial charge in [-0.15, -0.1) is 0 Å².